The third kappa shape index (κ3) is 46.5. The van der Waals surface area contributed by atoms with Gasteiger partial charge in [-0.05, 0) is 83.5 Å². The maximum Gasteiger partial charge on any atom is 0.306 e. The van der Waals surface area contributed by atoms with Gasteiger partial charge in [0.1, 0.15) is 6.10 Å². The number of amides is 1. The molecule has 0 fully saturated rings. The number of aliphatic hydroxyl groups is 2. The van der Waals surface area contributed by atoms with Crippen LogP contribution >= 0.6 is 0 Å². The van der Waals surface area contributed by atoms with Crippen molar-refractivity contribution in [2.24, 2.45) is 0 Å². The van der Waals surface area contributed by atoms with Crippen LogP contribution in [0.5, 0.6) is 0 Å². The molecule has 0 bridgehead atoms. The predicted molar refractivity (Wildman–Crippen MR) is 286 cm³/mol. The van der Waals surface area contributed by atoms with Gasteiger partial charge in [-0.15, -0.1) is 0 Å². The van der Waals surface area contributed by atoms with Crippen molar-refractivity contribution in [1.29, 1.82) is 0 Å². The molecule has 3 unspecified atom stereocenters. The minimum absolute atomic E-state index is 0.00983. The Labute approximate surface area is 405 Å². The molecule has 1 amide bonds. The van der Waals surface area contributed by atoms with Gasteiger partial charge in [0.15, 0.2) is 0 Å². The standard InChI is InChI=1S/C60H97NO5/c1-4-7-10-13-16-19-22-25-27-29-30-31-33-35-38-41-44-47-50-53-60(65)66-56(51-48-45-42-39-36-34-32-28-26-23-20-17-14-11-8-5-2)54-59(64)61-57(55-62)58(63)52-49-46-43-40-37-24-21-18-15-12-9-6-3/h7,10-11,14,16-17,19-20,23,25-28,30-32,34-36,38,44,47,56-58,62-63H,4-6,8-9,12-13,15,18,21-22,24,29,33,37,39-43,45-46,48-55H2,1-3H3,(H,61,64)/b10-7-,14-11+,19-16-,20-17+,26-23+,27-25-,31-30-,32-28+,36-34+,38-35-,47-44-. The Morgan fingerprint density at radius 3 is 1.41 bits per heavy atom. The summed E-state index contributed by atoms with van der Waals surface area (Å²) in [5.41, 5.74) is 0. The van der Waals surface area contributed by atoms with Crippen LogP contribution in [0.15, 0.2) is 134 Å². The smallest absolute Gasteiger partial charge is 0.306 e. The number of allylic oxidation sites excluding steroid dienone is 22. The van der Waals surface area contributed by atoms with E-state index in [4.69, 9.17) is 4.74 Å². The van der Waals surface area contributed by atoms with Gasteiger partial charge < -0.3 is 20.3 Å². The maximum atomic E-state index is 13.2. The number of hydrogen-bond donors (Lipinski definition) is 3. The van der Waals surface area contributed by atoms with Crippen LogP contribution in [-0.4, -0.2) is 46.9 Å². The first-order valence-corrected chi connectivity index (χ1v) is 26.5. The number of hydrogen-bond acceptors (Lipinski definition) is 5. The molecule has 0 aliphatic heterocycles. The number of nitrogens with one attached hydrogen (secondary N) is 1. The molecular weight excluding hydrogens is 815 g/mol. The molecule has 0 heterocycles. The Kier molecular flexibility index (Phi) is 48.8. The van der Waals surface area contributed by atoms with Gasteiger partial charge >= 0.3 is 5.97 Å². The normalized spacial score (nSPS) is 14.3. The summed E-state index contributed by atoms with van der Waals surface area (Å²) in [4.78, 5) is 26.2. The molecule has 0 aromatic heterocycles. The monoisotopic (exact) mass is 912 g/mol. The second-order valence-corrected chi connectivity index (χ2v) is 17.3. The van der Waals surface area contributed by atoms with Crippen molar-refractivity contribution >= 4 is 11.9 Å². The fourth-order valence-electron chi connectivity index (χ4n) is 7.13. The van der Waals surface area contributed by atoms with Gasteiger partial charge in [-0.3, -0.25) is 9.59 Å². The SMILES string of the molecule is CC/C=C\C/C=C\C/C=C\C/C=C\C/C=C\C/C=C\CCC(=O)OC(CCCCC/C=C/C=C/C=C/C=C/C=C/CCC)CC(=O)NC(CO)C(O)CCCCCCCCCCCCCC. The lowest BCUT2D eigenvalue weighted by molar-refractivity contribution is -0.150. The van der Waals surface area contributed by atoms with Crippen molar-refractivity contribution in [3.63, 3.8) is 0 Å². The van der Waals surface area contributed by atoms with E-state index in [-0.39, 0.29) is 31.3 Å². The lowest BCUT2D eigenvalue weighted by atomic mass is 10.0. The first-order valence-electron chi connectivity index (χ1n) is 26.5. The van der Waals surface area contributed by atoms with Crippen molar-refractivity contribution in [3.8, 4) is 0 Å². The van der Waals surface area contributed by atoms with Gasteiger partial charge in [-0.25, -0.2) is 0 Å². The highest BCUT2D eigenvalue weighted by atomic mass is 16.5. The van der Waals surface area contributed by atoms with Crippen LogP contribution in [-0.2, 0) is 14.3 Å². The van der Waals surface area contributed by atoms with E-state index in [0.29, 0.717) is 19.3 Å². The highest BCUT2D eigenvalue weighted by Gasteiger charge is 2.24. The zero-order chi connectivity index (χ0) is 48.1. The molecule has 3 atom stereocenters. The summed E-state index contributed by atoms with van der Waals surface area (Å²) in [5, 5.41) is 23.8. The van der Waals surface area contributed by atoms with Crippen LogP contribution in [0.1, 0.15) is 207 Å². The molecule has 0 rings (SSSR count). The molecule has 372 valence electrons. The van der Waals surface area contributed by atoms with Crippen LogP contribution in [0.2, 0.25) is 0 Å². The number of aliphatic hydroxyl groups excluding tert-OH is 2. The minimum atomic E-state index is -0.821. The Bertz CT molecular complexity index is 1440. The summed E-state index contributed by atoms with van der Waals surface area (Å²) < 4.78 is 5.88. The molecule has 0 aromatic rings. The first kappa shape index (κ1) is 62.0. The average Bonchev–Trinajstić information content (AvgIpc) is 3.31. The highest BCUT2D eigenvalue weighted by Crippen LogP contribution is 2.16. The van der Waals surface area contributed by atoms with Crippen molar-refractivity contribution in [3.05, 3.63) is 134 Å². The van der Waals surface area contributed by atoms with Gasteiger partial charge in [0.05, 0.1) is 25.2 Å². The largest absolute Gasteiger partial charge is 0.462 e. The highest BCUT2D eigenvalue weighted by molar-refractivity contribution is 5.77. The quantitative estimate of drug-likeness (QED) is 0.0245. The lowest BCUT2D eigenvalue weighted by Crippen LogP contribution is -2.46. The fraction of sp³-hybridized carbons (Fsp3) is 0.600. The van der Waals surface area contributed by atoms with Crippen LogP contribution in [0, 0.1) is 0 Å². The van der Waals surface area contributed by atoms with Crippen LogP contribution in [0.4, 0.5) is 0 Å². The second-order valence-electron chi connectivity index (χ2n) is 17.3. The number of carbonyl (C=O) groups is 2. The first-order chi connectivity index (χ1) is 32.5. The van der Waals surface area contributed by atoms with Crippen molar-refractivity contribution in [2.45, 2.75) is 225 Å². The topological polar surface area (TPSA) is 95.9 Å². The van der Waals surface area contributed by atoms with Gasteiger partial charge in [-0.2, -0.15) is 0 Å². The summed E-state index contributed by atoms with van der Waals surface area (Å²) in [7, 11) is 0. The Balaban J connectivity index is 4.83. The molecule has 0 aliphatic rings. The van der Waals surface area contributed by atoms with E-state index in [2.05, 4.69) is 117 Å². The maximum absolute atomic E-state index is 13.2. The zero-order valence-electron chi connectivity index (χ0n) is 42.3. The summed E-state index contributed by atoms with van der Waals surface area (Å²) in [6.07, 6.45) is 73.7. The van der Waals surface area contributed by atoms with Gasteiger partial charge in [-0.1, -0.05) is 244 Å². The molecule has 3 N–H and O–H groups in total. The van der Waals surface area contributed by atoms with Gasteiger partial charge in [0.2, 0.25) is 5.91 Å². The third-order valence-electron chi connectivity index (χ3n) is 11.1. The molecule has 6 nitrogen and oxygen atoms in total. The van der Waals surface area contributed by atoms with Crippen molar-refractivity contribution in [2.75, 3.05) is 6.61 Å². The molecule has 0 spiro atoms. The van der Waals surface area contributed by atoms with Crippen LogP contribution in [0.3, 0.4) is 0 Å². The Morgan fingerprint density at radius 2 is 0.909 bits per heavy atom. The van der Waals surface area contributed by atoms with E-state index < -0.39 is 18.2 Å². The third-order valence-corrected chi connectivity index (χ3v) is 11.1. The molecule has 0 radical (unpaired) electrons. The van der Waals surface area contributed by atoms with E-state index in [1.165, 1.54) is 57.8 Å². The molecular formula is C60H97NO5. The number of carbonyl (C=O) groups excluding carboxylic acids is 2. The van der Waals surface area contributed by atoms with Crippen molar-refractivity contribution in [1.82, 2.24) is 5.32 Å². The molecule has 66 heavy (non-hydrogen) atoms. The molecule has 6 heteroatoms. The van der Waals surface area contributed by atoms with Crippen LogP contribution in [0.25, 0.3) is 0 Å². The van der Waals surface area contributed by atoms with Gasteiger partial charge in [0, 0.05) is 6.42 Å². The molecule has 0 aromatic carbocycles. The van der Waals surface area contributed by atoms with Crippen LogP contribution < -0.4 is 5.32 Å². The number of ether oxygens (including phenoxy) is 1. The predicted octanol–water partition coefficient (Wildman–Crippen LogP) is 16.2. The zero-order valence-corrected chi connectivity index (χ0v) is 42.3. The minimum Gasteiger partial charge on any atom is -0.462 e. The lowest BCUT2D eigenvalue weighted by Gasteiger charge is -2.24. The molecule has 0 saturated heterocycles. The van der Waals surface area contributed by atoms with E-state index >= 15 is 0 Å². The molecule has 0 aliphatic carbocycles. The summed E-state index contributed by atoms with van der Waals surface area (Å²) in [5.74, 6) is -0.630. The van der Waals surface area contributed by atoms with E-state index in [1.807, 2.05) is 42.5 Å². The Hall–Kier alpha value is -4.00. The summed E-state index contributed by atoms with van der Waals surface area (Å²) in [6.45, 7) is 6.24. The number of unbranched alkanes of at least 4 members (excludes halogenated alkanes) is 15. The summed E-state index contributed by atoms with van der Waals surface area (Å²) in [6, 6.07) is -0.741. The average molecular weight is 912 g/mol. The van der Waals surface area contributed by atoms with E-state index in [0.717, 1.165) is 96.3 Å². The van der Waals surface area contributed by atoms with Crippen molar-refractivity contribution < 1.29 is 24.5 Å². The fourth-order valence-corrected chi connectivity index (χ4v) is 7.13. The number of esters is 1. The Morgan fingerprint density at radius 1 is 0.470 bits per heavy atom. The van der Waals surface area contributed by atoms with Gasteiger partial charge in [0.25, 0.3) is 0 Å². The number of rotatable bonds is 45. The van der Waals surface area contributed by atoms with E-state index in [9.17, 15) is 19.8 Å². The molecule has 0 saturated carbocycles. The van der Waals surface area contributed by atoms with E-state index in [1.54, 1.807) is 0 Å². The second kappa shape index (κ2) is 52.0. The summed E-state index contributed by atoms with van der Waals surface area (Å²) >= 11 is 0.